The first-order valence-corrected chi connectivity index (χ1v) is 5.44. The minimum atomic E-state index is -3.09. The number of hydrogen-bond donors (Lipinski definition) is 1. The van der Waals surface area contributed by atoms with E-state index in [0.717, 1.165) is 5.41 Å². The Labute approximate surface area is 76.7 Å². The van der Waals surface area contributed by atoms with Crippen molar-refractivity contribution in [2.75, 3.05) is 19.5 Å². The summed E-state index contributed by atoms with van der Waals surface area (Å²) in [4.78, 5) is 10.9. The second kappa shape index (κ2) is 3.89. The quantitative estimate of drug-likeness (QED) is 0.645. The molecular weight excluding hydrogens is 194 g/mol. The van der Waals surface area contributed by atoms with Crippen molar-refractivity contribution in [2.45, 2.75) is 6.04 Å². The number of carbonyl (C=O) groups is 1. The highest BCUT2D eigenvalue weighted by Crippen LogP contribution is 2.07. The van der Waals surface area contributed by atoms with E-state index in [9.17, 15) is 13.2 Å². The molecule has 1 amide bonds. The average molecular weight is 205 g/mol. The molecule has 6 heteroatoms. The standard InChI is InChI=1S/C7H11NO4S/c1-12-4-7(9)8-6-2-3-13(10,11)5-6/h2-3,6H,4-5H2,1H3,(H,8,9). The Morgan fingerprint density at radius 1 is 1.69 bits per heavy atom. The van der Waals surface area contributed by atoms with Crippen LogP contribution in [-0.4, -0.2) is 39.8 Å². The first kappa shape index (κ1) is 10.2. The lowest BCUT2D eigenvalue weighted by molar-refractivity contribution is -0.125. The van der Waals surface area contributed by atoms with E-state index in [0.29, 0.717) is 0 Å². The lowest BCUT2D eigenvalue weighted by atomic mass is 10.3. The highest BCUT2D eigenvalue weighted by atomic mass is 32.2. The normalized spacial score (nSPS) is 24.5. The minimum Gasteiger partial charge on any atom is -0.375 e. The largest absolute Gasteiger partial charge is 0.375 e. The molecule has 0 fully saturated rings. The summed E-state index contributed by atoms with van der Waals surface area (Å²) < 4.78 is 26.4. The summed E-state index contributed by atoms with van der Waals surface area (Å²) in [6.07, 6.45) is 1.46. The van der Waals surface area contributed by atoms with E-state index in [-0.39, 0.29) is 18.3 Å². The molecule has 0 aromatic carbocycles. The van der Waals surface area contributed by atoms with Gasteiger partial charge in [0.2, 0.25) is 5.91 Å². The maximum atomic E-state index is 10.9. The van der Waals surface area contributed by atoms with Crippen LogP contribution >= 0.6 is 0 Å². The molecular formula is C7H11NO4S. The molecule has 0 aliphatic carbocycles. The highest BCUT2D eigenvalue weighted by Gasteiger charge is 2.22. The van der Waals surface area contributed by atoms with Crippen LogP contribution in [0.3, 0.4) is 0 Å². The fraction of sp³-hybridized carbons (Fsp3) is 0.571. The SMILES string of the molecule is COCC(=O)NC1C=CS(=O)(=O)C1. The van der Waals surface area contributed by atoms with Gasteiger partial charge in [-0.25, -0.2) is 8.42 Å². The third kappa shape index (κ3) is 3.16. The summed E-state index contributed by atoms with van der Waals surface area (Å²) in [5, 5.41) is 3.62. The van der Waals surface area contributed by atoms with Crippen molar-refractivity contribution in [1.29, 1.82) is 0 Å². The molecule has 0 aromatic rings. The van der Waals surface area contributed by atoms with Crippen LogP contribution in [0.15, 0.2) is 11.5 Å². The third-order valence-electron chi connectivity index (χ3n) is 1.55. The van der Waals surface area contributed by atoms with Crippen molar-refractivity contribution in [2.24, 2.45) is 0 Å². The van der Waals surface area contributed by atoms with Crippen molar-refractivity contribution in [3.8, 4) is 0 Å². The monoisotopic (exact) mass is 205 g/mol. The van der Waals surface area contributed by atoms with Crippen molar-refractivity contribution in [3.05, 3.63) is 11.5 Å². The van der Waals surface area contributed by atoms with Crippen molar-refractivity contribution in [3.63, 3.8) is 0 Å². The molecule has 0 saturated heterocycles. The van der Waals surface area contributed by atoms with Gasteiger partial charge < -0.3 is 10.1 Å². The Bertz CT molecular complexity index is 319. The zero-order valence-electron chi connectivity index (χ0n) is 7.19. The summed E-state index contributed by atoms with van der Waals surface area (Å²) in [7, 11) is -1.69. The van der Waals surface area contributed by atoms with Gasteiger partial charge in [-0.1, -0.05) is 0 Å². The first-order valence-electron chi connectivity index (χ1n) is 3.73. The van der Waals surface area contributed by atoms with Crippen LogP contribution < -0.4 is 5.32 Å². The number of sulfone groups is 1. The van der Waals surface area contributed by atoms with Gasteiger partial charge in [0.25, 0.3) is 0 Å². The second-order valence-corrected chi connectivity index (χ2v) is 4.70. The van der Waals surface area contributed by atoms with Gasteiger partial charge in [0, 0.05) is 12.5 Å². The summed E-state index contributed by atoms with van der Waals surface area (Å²) in [6.45, 7) is -0.0512. The van der Waals surface area contributed by atoms with Crippen LogP contribution in [0.5, 0.6) is 0 Å². The fourth-order valence-corrected chi connectivity index (χ4v) is 2.28. The Morgan fingerprint density at radius 3 is 2.85 bits per heavy atom. The minimum absolute atomic E-state index is 0.0512. The number of nitrogens with one attached hydrogen (secondary N) is 1. The number of rotatable bonds is 3. The maximum absolute atomic E-state index is 10.9. The molecule has 74 valence electrons. The van der Waals surface area contributed by atoms with E-state index in [1.807, 2.05) is 0 Å². The van der Waals surface area contributed by atoms with Gasteiger partial charge in [0.15, 0.2) is 9.84 Å². The average Bonchev–Trinajstić information content (AvgIpc) is 2.30. The molecule has 0 radical (unpaired) electrons. The molecule has 13 heavy (non-hydrogen) atoms. The smallest absolute Gasteiger partial charge is 0.246 e. The zero-order valence-corrected chi connectivity index (χ0v) is 8.00. The van der Waals surface area contributed by atoms with E-state index in [2.05, 4.69) is 10.1 Å². The molecule has 0 saturated carbocycles. The van der Waals surface area contributed by atoms with Crippen molar-refractivity contribution >= 4 is 15.7 Å². The van der Waals surface area contributed by atoms with Gasteiger partial charge >= 0.3 is 0 Å². The van der Waals surface area contributed by atoms with Crippen molar-refractivity contribution in [1.82, 2.24) is 5.32 Å². The molecule has 1 heterocycles. The van der Waals surface area contributed by atoms with Gasteiger partial charge in [-0.2, -0.15) is 0 Å². The molecule has 1 aliphatic heterocycles. The van der Waals surface area contributed by atoms with Gasteiger partial charge in [0.05, 0.1) is 11.8 Å². The summed E-state index contributed by atoms with van der Waals surface area (Å²) >= 11 is 0. The van der Waals surface area contributed by atoms with E-state index in [1.165, 1.54) is 13.2 Å². The van der Waals surface area contributed by atoms with Gasteiger partial charge in [-0.15, -0.1) is 0 Å². The van der Waals surface area contributed by atoms with E-state index in [4.69, 9.17) is 0 Å². The third-order valence-corrected chi connectivity index (χ3v) is 2.95. The molecule has 1 unspecified atom stereocenters. The maximum Gasteiger partial charge on any atom is 0.246 e. The van der Waals surface area contributed by atoms with E-state index < -0.39 is 15.9 Å². The number of amides is 1. The fourth-order valence-electron chi connectivity index (χ4n) is 1.05. The Hall–Kier alpha value is -0.880. The molecule has 1 N–H and O–H groups in total. The molecule has 1 atom stereocenters. The molecule has 0 aromatic heterocycles. The highest BCUT2D eigenvalue weighted by molar-refractivity contribution is 7.94. The van der Waals surface area contributed by atoms with E-state index >= 15 is 0 Å². The number of hydrogen-bond acceptors (Lipinski definition) is 4. The van der Waals surface area contributed by atoms with Crippen LogP contribution in [-0.2, 0) is 19.4 Å². The Kier molecular flexibility index (Phi) is 3.05. The zero-order chi connectivity index (χ0) is 9.90. The van der Waals surface area contributed by atoms with Crippen LogP contribution in [0.1, 0.15) is 0 Å². The number of ether oxygens (including phenoxy) is 1. The van der Waals surface area contributed by atoms with Crippen LogP contribution in [0.2, 0.25) is 0 Å². The molecule has 5 nitrogen and oxygen atoms in total. The predicted molar refractivity (Wildman–Crippen MR) is 46.7 cm³/mol. The van der Waals surface area contributed by atoms with Crippen molar-refractivity contribution < 1.29 is 17.9 Å². The van der Waals surface area contributed by atoms with Crippen LogP contribution in [0, 0.1) is 0 Å². The second-order valence-electron chi connectivity index (χ2n) is 2.77. The lowest BCUT2D eigenvalue weighted by Gasteiger charge is -2.08. The van der Waals surface area contributed by atoms with Gasteiger partial charge in [-0.05, 0) is 6.08 Å². The number of carbonyl (C=O) groups excluding carboxylic acids is 1. The van der Waals surface area contributed by atoms with Crippen LogP contribution in [0.4, 0.5) is 0 Å². The molecule has 0 bridgehead atoms. The molecule has 0 spiro atoms. The van der Waals surface area contributed by atoms with Gasteiger partial charge in [0.1, 0.15) is 6.61 Å². The van der Waals surface area contributed by atoms with E-state index in [1.54, 1.807) is 0 Å². The van der Waals surface area contributed by atoms with Crippen LogP contribution in [0.25, 0.3) is 0 Å². The molecule has 1 aliphatic rings. The topological polar surface area (TPSA) is 72.5 Å². The first-order chi connectivity index (χ1) is 6.03. The predicted octanol–water partition coefficient (Wildman–Crippen LogP) is -0.940. The summed E-state index contributed by atoms with van der Waals surface area (Å²) in [5.74, 6) is -0.364. The molecule has 1 rings (SSSR count). The summed E-state index contributed by atoms with van der Waals surface area (Å²) in [5.41, 5.74) is 0. The number of methoxy groups -OCH3 is 1. The lowest BCUT2D eigenvalue weighted by Crippen LogP contribution is -2.37. The Balaban J connectivity index is 2.42. The Morgan fingerprint density at radius 2 is 2.38 bits per heavy atom. The summed E-state index contributed by atoms with van der Waals surface area (Å²) in [6, 6.07) is -0.410. The van der Waals surface area contributed by atoms with Gasteiger partial charge in [-0.3, -0.25) is 4.79 Å².